The van der Waals surface area contributed by atoms with Gasteiger partial charge in [0.2, 0.25) is 0 Å². The minimum atomic E-state index is -3.76. The summed E-state index contributed by atoms with van der Waals surface area (Å²) in [7, 11) is -3.76. The number of hydrogen-bond acceptors (Lipinski definition) is 12. The molecule has 0 aromatic heterocycles. The van der Waals surface area contributed by atoms with E-state index in [9.17, 15) is 13.2 Å². The van der Waals surface area contributed by atoms with E-state index in [0.29, 0.717) is 92.3 Å². The van der Waals surface area contributed by atoms with E-state index in [-0.39, 0.29) is 30.7 Å². The molecule has 0 aliphatic carbocycles. The summed E-state index contributed by atoms with van der Waals surface area (Å²) >= 11 is 0. The fourth-order valence-electron chi connectivity index (χ4n) is 3.44. The highest BCUT2D eigenvalue weighted by atomic mass is 32.2. The Labute approximate surface area is 257 Å². The van der Waals surface area contributed by atoms with Gasteiger partial charge in [-0.05, 0) is 18.6 Å². The average molecular weight is 637 g/mol. The Kier molecular flexibility index (Phi) is 26.6. The van der Waals surface area contributed by atoms with Gasteiger partial charge in [-0.25, -0.2) is 0 Å². The Balaban J connectivity index is 1.70. The third-order valence-electron chi connectivity index (χ3n) is 5.71. The Morgan fingerprint density at radius 1 is 0.535 bits per heavy atom. The molecule has 0 heterocycles. The van der Waals surface area contributed by atoms with Crippen molar-refractivity contribution in [1.82, 2.24) is 0 Å². The lowest BCUT2D eigenvalue weighted by atomic mass is 10.1. The van der Waals surface area contributed by atoms with Crippen molar-refractivity contribution in [2.75, 3.05) is 106 Å². The third kappa shape index (κ3) is 25.4. The summed E-state index contributed by atoms with van der Waals surface area (Å²) in [5.74, 6) is -0.156. The molecule has 0 fully saturated rings. The summed E-state index contributed by atoms with van der Waals surface area (Å²) in [5, 5.41) is 0. The number of carbonyl (C=O) groups excluding carboxylic acids is 1. The number of hydrogen-bond donors (Lipinski definition) is 0. The maximum atomic E-state index is 12.0. The Hall–Kier alpha value is -1.68. The maximum absolute atomic E-state index is 12.0. The second kappa shape index (κ2) is 29.1. The van der Waals surface area contributed by atoms with Crippen molar-refractivity contribution in [3.8, 4) is 0 Å². The number of rotatable bonds is 32. The zero-order valence-electron chi connectivity index (χ0n) is 25.8. The van der Waals surface area contributed by atoms with E-state index >= 15 is 0 Å². The minimum absolute atomic E-state index is 0.0594. The van der Waals surface area contributed by atoms with Crippen LogP contribution in [-0.4, -0.2) is 120 Å². The van der Waals surface area contributed by atoms with Crippen molar-refractivity contribution in [3.05, 3.63) is 30.3 Å². The van der Waals surface area contributed by atoms with Crippen molar-refractivity contribution >= 4 is 16.1 Å². The fourth-order valence-corrected chi connectivity index (χ4v) is 4.35. The number of unbranched alkanes of at least 4 members (excludes halogenated alkanes) is 4. The molecule has 0 saturated heterocycles. The van der Waals surface area contributed by atoms with Gasteiger partial charge in [-0.2, -0.15) is 8.42 Å². The molecule has 43 heavy (non-hydrogen) atoms. The van der Waals surface area contributed by atoms with Gasteiger partial charge in [0.05, 0.1) is 104 Å². The summed E-state index contributed by atoms with van der Waals surface area (Å²) in [5.41, 5.74) is 0. The van der Waals surface area contributed by atoms with Crippen LogP contribution in [0.2, 0.25) is 0 Å². The molecule has 1 aromatic carbocycles. The first-order valence-electron chi connectivity index (χ1n) is 15.2. The summed E-state index contributed by atoms with van der Waals surface area (Å²) < 4.78 is 71.8. The highest BCUT2D eigenvalue weighted by molar-refractivity contribution is 7.86. The highest BCUT2D eigenvalue weighted by Gasteiger charge is 2.13. The van der Waals surface area contributed by atoms with E-state index in [0.717, 1.165) is 12.8 Å². The van der Waals surface area contributed by atoms with Crippen LogP contribution >= 0.6 is 0 Å². The number of benzene rings is 1. The first kappa shape index (κ1) is 39.3. The summed E-state index contributed by atoms with van der Waals surface area (Å²) in [6.45, 7) is 8.13. The molecular formula is C30H52O12S. The molecule has 13 heteroatoms. The van der Waals surface area contributed by atoms with Crippen LogP contribution in [0.25, 0.3) is 0 Å². The summed E-state index contributed by atoms with van der Waals surface area (Å²) in [6, 6.07) is 7.97. The summed E-state index contributed by atoms with van der Waals surface area (Å²) in [6.07, 6.45) is 6.03. The lowest BCUT2D eigenvalue weighted by Gasteiger charge is -2.09. The standard InChI is InChI=1S/C30H52O12S/c1-2-3-4-5-9-12-30(31)41-27-25-39-23-21-37-19-17-35-15-13-34-14-16-36-18-20-38-22-24-40-26-28-42-43(32,33)29-10-7-6-8-11-29/h6-8,10-11H,2-5,9,12-28H2,1H3. The van der Waals surface area contributed by atoms with Gasteiger partial charge < -0.3 is 37.9 Å². The average Bonchev–Trinajstić information content (AvgIpc) is 3.01. The largest absolute Gasteiger partial charge is 0.463 e. The van der Waals surface area contributed by atoms with Gasteiger partial charge in [-0.1, -0.05) is 50.8 Å². The van der Waals surface area contributed by atoms with Crippen molar-refractivity contribution in [1.29, 1.82) is 0 Å². The van der Waals surface area contributed by atoms with Gasteiger partial charge in [-0.15, -0.1) is 0 Å². The molecule has 0 bridgehead atoms. The van der Waals surface area contributed by atoms with E-state index in [1.54, 1.807) is 18.2 Å². The molecule has 0 saturated carbocycles. The van der Waals surface area contributed by atoms with E-state index in [1.165, 1.54) is 31.4 Å². The van der Waals surface area contributed by atoms with Crippen LogP contribution in [0.4, 0.5) is 0 Å². The van der Waals surface area contributed by atoms with Crippen LogP contribution in [0.3, 0.4) is 0 Å². The smallest absolute Gasteiger partial charge is 0.305 e. The lowest BCUT2D eigenvalue weighted by molar-refractivity contribution is -0.145. The van der Waals surface area contributed by atoms with Crippen molar-refractivity contribution < 1.29 is 55.3 Å². The van der Waals surface area contributed by atoms with Crippen LogP contribution < -0.4 is 0 Å². The van der Waals surface area contributed by atoms with Crippen molar-refractivity contribution in [3.63, 3.8) is 0 Å². The van der Waals surface area contributed by atoms with E-state index in [4.69, 9.17) is 42.1 Å². The molecular weight excluding hydrogens is 584 g/mol. The van der Waals surface area contributed by atoms with Crippen molar-refractivity contribution in [2.24, 2.45) is 0 Å². The topological polar surface area (TPSA) is 134 Å². The number of ether oxygens (including phenoxy) is 8. The normalized spacial score (nSPS) is 11.7. The molecule has 0 amide bonds. The second-order valence-electron chi connectivity index (χ2n) is 9.26. The fraction of sp³-hybridized carbons (Fsp3) is 0.767. The predicted octanol–water partition coefficient (Wildman–Crippen LogP) is 3.41. The Morgan fingerprint density at radius 2 is 0.930 bits per heavy atom. The van der Waals surface area contributed by atoms with Gasteiger partial charge >= 0.3 is 5.97 Å². The molecule has 0 aliphatic heterocycles. The number of carbonyl (C=O) groups is 1. The predicted molar refractivity (Wildman–Crippen MR) is 160 cm³/mol. The second-order valence-corrected chi connectivity index (χ2v) is 10.9. The van der Waals surface area contributed by atoms with Gasteiger partial charge in [-0.3, -0.25) is 8.98 Å². The van der Waals surface area contributed by atoms with E-state index in [2.05, 4.69) is 6.92 Å². The van der Waals surface area contributed by atoms with Crippen LogP contribution in [-0.2, 0) is 57.0 Å². The molecule has 0 aliphatic rings. The number of esters is 1. The van der Waals surface area contributed by atoms with E-state index < -0.39 is 10.1 Å². The molecule has 250 valence electrons. The van der Waals surface area contributed by atoms with Crippen LogP contribution in [0.5, 0.6) is 0 Å². The molecule has 0 N–H and O–H groups in total. The quantitative estimate of drug-likeness (QED) is 0.0652. The Bertz CT molecular complexity index is 854. The highest BCUT2D eigenvalue weighted by Crippen LogP contribution is 2.10. The van der Waals surface area contributed by atoms with E-state index in [1.807, 2.05) is 0 Å². The molecule has 0 unspecified atom stereocenters. The maximum Gasteiger partial charge on any atom is 0.305 e. The van der Waals surface area contributed by atoms with Crippen LogP contribution in [0.15, 0.2) is 35.2 Å². The minimum Gasteiger partial charge on any atom is -0.463 e. The molecule has 1 rings (SSSR count). The molecule has 12 nitrogen and oxygen atoms in total. The lowest BCUT2D eigenvalue weighted by Crippen LogP contribution is -2.15. The molecule has 0 atom stereocenters. The van der Waals surface area contributed by atoms with Gasteiger partial charge in [0.1, 0.15) is 6.61 Å². The van der Waals surface area contributed by atoms with Gasteiger partial charge in [0.25, 0.3) is 10.1 Å². The zero-order valence-corrected chi connectivity index (χ0v) is 26.6. The molecule has 0 radical (unpaired) electrons. The molecule has 0 spiro atoms. The van der Waals surface area contributed by atoms with Gasteiger partial charge in [0.15, 0.2) is 0 Å². The van der Waals surface area contributed by atoms with Crippen molar-refractivity contribution in [2.45, 2.75) is 50.3 Å². The molecule has 1 aromatic rings. The Morgan fingerprint density at radius 3 is 1.37 bits per heavy atom. The SMILES string of the molecule is CCCCCCCC(=O)OCCOCCOCCOCCOCCOCCOCCOCCOS(=O)(=O)c1ccccc1. The zero-order chi connectivity index (χ0) is 31.1. The first-order chi connectivity index (χ1) is 21.1. The van der Waals surface area contributed by atoms with Gasteiger partial charge in [0, 0.05) is 6.42 Å². The van der Waals surface area contributed by atoms with Crippen LogP contribution in [0, 0.1) is 0 Å². The first-order valence-corrected chi connectivity index (χ1v) is 16.6. The summed E-state index contributed by atoms with van der Waals surface area (Å²) in [4.78, 5) is 11.7. The monoisotopic (exact) mass is 636 g/mol. The third-order valence-corrected chi connectivity index (χ3v) is 7.03. The van der Waals surface area contributed by atoms with Crippen LogP contribution in [0.1, 0.15) is 45.4 Å².